The predicted octanol–water partition coefficient (Wildman–Crippen LogP) is 6.31. The molecule has 416 valence electrons. The first-order chi connectivity index (χ1) is 37.0. The molecule has 10 heterocycles. The molecule has 18 nitrogen and oxygen atoms in total. The molecule has 4 aromatic rings. The maximum atomic E-state index is 15.3. The number of piperazine rings is 1. The molecule has 0 unspecified atom stereocenters. The van der Waals surface area contributed by atoms with E-state index in [-0.39, 0.29) is 60.1 Å². The van der Waals surface area contributed by atoms with Gasteiger partial charge in [0.1, 0.15) is 22.7 Å². The van der Waals surface area contributed by atoms with Crippen molar-refractivity contribution < 1.29 is 42.8 Å². The average Bonchev–Trinajstić information content (AvgIpc) is 4.21. The molecule has 1 aromatic carbocycles. The number of pyridine rings is 1. The number of ether oxygens (including phenoxy) is 6. The van der Waals surface area contributed by atoms with Gasteiger partial charge in [0.25, 0.3) is 5.91 Å². The summed E-state index contributed by atoms with van der Waals surface area (Å²) in [5.41, 5.74) is 9.32. The van der Waals surface area contributed by atoms with Gasteiger partial charge in [-0.2, -0.15) is 0 Å². The molecule has 6 saturated heterocycles. The van der Waals surface area contributed by atoms with Crippen molar-refractivity contribution in [3.63, 3.8) is 0 Å². The highest BCUT2D eigenvalue weighted by Crippen LogP contribution is 2.47. The third-order valence-corrected chi connectivity index (χ3v) is 18.9. The molecule has 8 fully saturated rings. The Bertz CT molecular complexity index is 2860. The normalized spacial score (nSPS) is 30.2. The summed E-state index contributed by atoms with van der Waals surface area (Å²) in [6, 6.07) is 7.98. The molecule has 2 amide bonds. The molecule has 2 N–H and O–H groups in total. The number of anilines is 1. The minimum absolute atomic E-state index is 0.00389. The van der Waals surface area contributed by atoms with Crippen molar-refractivity contribution in [2.75, 3.05) is 91.4 Å². The second-order valence-corrected chi connectivity index (χ2v) is 25.8. The fourth-order valence-electron chi connectivity index (χ4n) is 13.3. The van der Waals surface area contributed by atoms with E-state index in [0.717, 1.165) is 95.4 Å². The SMILES string of the molecule is COC1CN([C@@H]2c3nc(cs3)-c3ccc4c(c3)c(c(-c3cc(N5CCN(C6CC6)CC5)cnc3[C@H](C)OC)n4CCO[C@H]3CCOC(C)(C)C3)CC(C)(C)COC(=O)C34CC(CN(N3)C(=O)[C@H]2NC(=O)[C@@H]2OC[C@@H]2C)C4)C1. The van der Waals surface area contributed by atoms with Crippen LogP contribution in [0.25, 0.3) is 33.4 Å². The van der Waals surface area contributed by atoms with E-state index in [4.69, 9.17) is 38.4 Å². The molecule has 13 rings (SSSR count). The Balaban J connectivity index is 1.01. The third-order valence-electron chi connectivity index (χ3n) is 18.0. The van der Waals surface area contributed by atoms with Gasteiger partial charge in [0, 0.05) is 124 Å². The number of hydrogen-bond acceptors (Lipinski definition) is 16. The van der Waals surface area contributed by atoms with Gasteiger partial charge in [-0.25, -0.2) is 15.2 Å². The number of nitrogens with one attached hydrogen (secondary N) is 2. The number of hydrogen-bond donors (Lipinski definition) is 2. The second-order valence-electron chi connectivity index (χ2n) is 24.9. The Labute approximate surface area is 456 Å². The first kappa shape index (κ1) is 53.1. The van der Waals surface area contributed by atoms with Crippen LogP contribution in [0.5, 0.6) is 0 Å². The molecule has 77 heavy (non-hydrogen) atoms. The van der Waals surface area contributed by atoms with Crippen LogP contribution in [0, 0.1) is 17.3 Å². The van der Waals surface area contributed by atoms with Gasteiger partial charge in [-0.05, 0) is 89.0 Å². The lowest BCUT2D eigenvalue weighted by atomic mass is 9.66. The molecule has 1 spiro atoms. The maximum Gasteiger partial charge on any atom is 0.328 e. The average molecular weight is 1080 g/mol. The summed E-state index contributed by atoms with van der Waals surface area (Å²) in [6.07, 6.45) is 6.96. The Morgan fingerprint density at radius 3 is 2.48 bits per heavy atom. The monoisotopic (exact) mass is 1080 g/mol. The quantitative estimate of drug-likeness (QED) is 0.143. The number of hydrazine groups is 1. The van der Waals surface area contributed by atoms with E-state index in [9.17, 15) is 9.59 Å². The van der Waals surface area contributed by atoms with Gasteiger partial charge in [-0.15, -0.1) is 11.3 Å². The lowest BCUT2D eigenvalue weighted by Crippen LogP contribution is -2.75. The predicted molar refractivity (Wildman–Crippen MR) is 292 cm³/mol. The standard InChI is InChI=1S/C58H79N9O9S/c1-34-31-74-51(34)52(68)61-48-50(65-29-41(30-65)72-8)53-60-45(32-77-53)37-9-12-46-42(21-37)44(26-56(3,4)33-75-55(70)58-23-36(24-58)28-67(62-58)54(48)69)49(66(46)18-20-73-40-13-19-76-57(5,6)25-40)43-22-39(27-59-47(43)35(2)71-7)64-16-14-63(15-17-64)38-10-11-38/h9,12,21-22,27,32,34-36,38,40-41,48,50-51,62H,10-11,13-20,23-26,28-31,33H2,1-8H3,(H,61,68)/t34-,35-,36?,40-,48-,50-,51+,58?/m0/s1. The number of thiazole rings is 1. The molecule has 6 atom stereocenters. The molecule has 7 aliphatic heterocycles. The van der Waals surface area contributed by atoms with Crippen molar-refractivity contribution in [1.29, 1.82) is 0 Å². The van der Waals surface area contributed by atoms with Gasteiger partial charge >= 0.3 is 5.97 Å². The van der Waals surface area contributed by atoms with Gasteiger partial charge in [-0.1, -0.05) is 26.8 Å². The largest absolute Gasteiger partial charge is 0.464 e. The minimum Gasteiger partial charge on any atom is -0.464 e. The zero-order valence-electron chi connectivity index (χ0n) is 46.3. The summed E-state index contributed by atoms with van der Waals surface area (Å²) in [5, 5.41) is 8.56. The van der Waals surface area contributed by atoms with Crippen molar-refractivity contribution in [2.45, 2.75) is 147 Å². The molecule has 3 aromatic heterocycles. The van der Waals surface area contributed by atoms with E-state index >= 15 is 4.79 Å². The zero-order chi connectivity index (χ0) is 53.5. The summed E-state index contributed by atoms with van der Waals surface area (Å²) in [5.74, 6) is -0.959. The van der Waals surface area contributed by atoms with Crippen LogP contribution >= 0.6 is 11.3 Å². The van der Waals surface area contributed by atoms with Crippen molar-refractivity contribution in [2.24, 2.45) is 17.3 Å². The fraction of sp³-hybridized carbons (Fsp3) is 0.672. The van der Waals surface area contributed by atoms with Gasteiger partial charge < -0.3 is 43.2 Å². The lowest BCUT2D eigenvalue weighted by Gasteiger charge is -2.55. The van der Waals surface area contributed by atoms with Crippen LogP contribution in [0.3, 0.4) is 0 Å². The number of likely N-dealkylation sites (tertiary alicyclic amines) is 1. The van der Waals surface area contributed by atoms with Crippen LogP contribution in [-0.4, -0.2) is 175 Å². The molecule has 2 saturated carbocycles. The summed E-state index contributed by atoms with van der Waals surface area (Å²) in [6.45, 7) is 20.4. The first-order valence-corrected chi connectivity index (χ1v) is 29.2. The third kappa shape index (κ3) is 10.3. The number of benzene rings is 1. The van der Waals surface area contributed by atoms with Crippen molar-refractivity contribution in [1.82, 2.24) is 40.1 Å². The number of amides is 2. The summed E-state index contributed by atoms with van der Waals surface area (Å²) in [4.78, 5) is 62.1. The molecule has 2 aliphatic carbocycles. The van der Waals surface area contributed by atoms with Gasteiger partial charge in [0.2, 0.25) is 5.91 Å². The van der Waals surface area contributed by atoms with E-state index < -0.39 is 29.1 Å². The number of methoxy groups -OCH3 is 2. The second kappa shape index (κ2) is 20.8. The number of cyclic esters (lactones) is 1. The van der Waals surface area contributed by atoms with Crippen LogP contribution in [-0.2, 0) is 55.8 Å². The highest BCUT2D eigenvalue weighted by molar-refractivity contribution is 7.10. The topological polar surface area (TPSA) is 174 Å². The molecular formula is C58H79N9O9S. The van der Waals surface area contributed by atoms with E-state index in [1.807, 2.05) is 13.1 Å². The van der Waals surface area contributed by atoms with Gasteiger partial charge in [0.15, 0.2) is 0 Å². The van der Waals surface area contributed by atoms with Gasteiger partial charge in [-0.3, -0.25) is 29.4 Å². The highest BCUT2D eigenvalue weighted by atomic mass is 32.1. The zero-order valence-corrected chi connectivity index (χ0v) is 47.1. The molecule has 0 radical (unpaired) electrons. The van der Waals surface area contributed by atoms with Crippen LogP contribution in [0.4, 0.5) is 5.69 Å². The smallest absolute Gasteiger partial charge is 0.328 e. The number of aromatic nitrogens is 3. The van der Waals surface area contributed by atoms with Gasteiger partial charge in [0.05, 0.1) is 78.7 Å². The van der Waals surface area contributed by atoms with Crippen LogP contribution in [0.2, 0.25) is 0 Å². The molecule has 9 aliphatic rings. The number of carbonyl (C=O) groups is 3. The minimum atomic E-state index is -1.08. The van der Waals surface area contributed by atoms with Crippen molar-refractivity contribution >= 4 is 45.7 Å². The summed E-state index contributed by atoms with van der Waals surface area (Å²) >= 11 is 1.49. The number of rotatable bonds is 13. The number of nitrogens with zero attached hydrogens (tertiary/aromatic N) is 7. The molecular weight excluding hydrogens is 999 g/mol. The molecule has 7 bridgehead atoms. The number of esters is 1. The van der Waals surface area contributed by atoms with E-state index in [1.54, 1.807) is 19.2 Å². The number of carbonyl (C=O) groups excluding carboxylic acids is 3. The van der Waals surface area contributed by atoms with Crippen molar-refractivity contribution in [3.8, 4) is 22.5 Å². The maximum absolute atomic E-state index is 15.3. The Hall–Kier alpha value is -4.57. The van der Waals surface area contributed by atoms with Crippen LogP contribution in [0.1, 0.15) is 108 Å². The summed E-state index contributed by atoms with van der Waals surface area (Å²) < 4.78 is 39.5. The Morgan fingerprint density at radius 2 is 1.78 bits per heavy atom. The van der Waals surface area contributed by atoms with Crippen LogP contribution < -0.4 is 15.6 Å². The summed E-state index contributed by atoms with van der Waals surface area (Å²) in [7, 11) is 3.44. The van der Waals surface area contributed by atoms with E-state index in [1.165, 1.54) is 24.2 Å². The van der Waals surface area contributed by atoms with Crippen LogP contribution in [0.15, 0.2) is 35.8 Å². The molecule has 19 heteroatoms. The highest BCUT2D eigenvalue weighted by Gasteiger charge is 2.59. The Kier molecular flexibility index (Phi) is 14.4. The fourth-order valence-corrected chi connectivity index (χ4v) is 14.3. The number of fused-ring (bicyclic) bond motifs is 4. The van der Waals surface area contributed by atoms with Crippen molar-refractivity contribution in [3.05, 3.63) is 52.1 Å². The van der Waals surface area contributed by atoms with E-state index in [2.05, 4.69) is 94.3 Å². The van der Waals surface area contributed by atoms with E-state index in [0.29, 0.717) is 70.3 Å². The first-order valence-electron chi connectivity index (χ1n) is 28.3. The lowest BCUT2D eigenvalue weighted by molar-refractivity contribution is -0.181. The Morgan fingerprint density at radius 1 is 0.987 bits per heavy atom.